The number of carbonyl (C=O) groups excluding carboxylic acids is 1. The van der Waals surface area contributed by atoms with E-state index < -0.39 is 11.7 Å². The van der Waals surface area contributed by atoms with Crippen LogP contribution in [0.1, 0.15) is 11.1 Å². The molecule has 5 aromatic rings. The third-order valence-electron chi connectivity index (χ3n) is 8.20. The highest BCUT2D eigenvalue weighted by Gasteiger charge is 2.23. The number of aromatic amines is 1. The molecule has 0 saturated carbocycles. The number of anilines is 2. The van der Waals surface area contributed by atoms with Crippen LogP contribution in [-0.2, 0) is 11.8 Å². The van der Waals surface area contributed by atoms with E-state index in [1.165, 1.54) is 11.8 Å². The van der Waals surface area contributed by atoms with Gasteiger partial charge in [0, 0.05) is 78.9 Å². The topological polar surface area (TPSA) is 82.1 Å². The second kappa shape index (κ2) is 10.9. The van der Waals surface area contributed by atoms with Crippen molar-refractivity contribution in [2.45, 2.75) is 13.8 Å². The first kappa shape index (κ1) is 27.4. The first-order valence-corrected chi connectivity index (χ1v) is 14.0. The van der Waals surface area contributed by atoms with Crippen LogP contribution in [0.15, 0.2) is 67.6 Å². The summed E-state index contributed by atoms with van der Waals surface area (Å²) in [5.74, 6) is -0.797. The number of halogens is 1. The largest absolute Gasteiger partial charge is 0.369 e. The van der Waals surface area contributed by atoms with Crippen molar-refractivity contribution >= 4 is 28.3 Å². The van der Waals surface area contributed by atoms with E-state index in [4.69, 9.17) is 4.98 Å². The maximum Gasteiger partial charge on any atom is 0.247 e. The minimum atomic E-state index is -0.406. The van der Waals surface area contributed by atoms with E-state index in [0.717, 1.165) is 65.1 Å². The van der Waals surface area contributed by atoms with Crippen molar-refractivity contribution in [3.05, 3.63) is 84.6 Å². The number of nitrogens with zero attached hydrogens (tertiary/aromatic N) is 5. The summed E-state index contributed by atoms with van der Waals surface area (Å²) in [4.78, 5) is 25.3. The zero-order valence-corrected chi connectivity index (χ0v) is 24.3. The quantitative estimate of drug-likeness (QED) is 0.250. The number of benzene rings is 2. The first-order chi connectivity index (χ1) is 20.2. The molecule has 214 valence electrons. The number of fused-ring (bicyclic) bond motifs is 1. The second-order valence-electron chi connectivity index (χ2n) is 11.0. The van der Waals surface area contributed by atoms with Crippen molar-refractivity contribution in [1.82, 2.24) is 24.6 Å². The summed E-state index contributed by atoms with van der Waals surface area (Å²) in [7, 11) is 4.02. The number of aryl methyl sites for hydroxylation is 1. The fourth-order valence-corrected chi connectivity index (χ4v) is 5.70. The highest BCUT2D eigenvalue weighted by molar-refractivity contribution is 6.06. The van der Waals surface area contributed by atoms with Crippen LogP contribution in [0, 0.1) is 19.7 Å². The van der Waals surface area contributed by atoms with Crippen LogP contribution in [0.5, 0.6) is 0 Å². The molecular weight excluding hydrogens is 529 g/mol. The van der Waals surface area contributed by atoms with Gasteiger partial charge in [0.2, 0.25) is 5.91 Å². The first-order valence-electron chi connectivity index (χ1n) is 14.0. The summed E-state index contributed by atoms with van der Waals surface area (Å²) in [6.45, 7) is 11.1. The lowest BCUT2D eigenvalue weighted by Crippen LogP contribution is -2.44. The molecule has 8 nitrogen and oxygen atoms in total. The molecule has 1 amide bonds. The van der Waals surface area contributed by atoms with Crippen LogP contribution in [0.2, 0.25) is 0 Å². The van der Waals surface area contributed by atoms with Crippen LogP contribution in [0.25, 0.3) is 44.5 Å². The van der Waals surface area contributed by atoms with Crippen LogP contribution < -0.4 is 10.2 Å². The molecule has 0 bridgehead atoms. The molecule has 9 heteroatoms. The van der Waals surface area contributed by atoms with Crippen molar-refractivity contribution in [2.75, 3.05) is 43.4 Å². The maximum atomic E-state index is 15.5. The minimum absolute atomic E-state index is 0.374. The smallest absolute Gasteiger partial charge is 0.247 e. The fraction of sp³-hybridized carbons (Fsp3) is 0.242. The van der Waals surface area contributed by atoms with Crippen molar-refractivity contribution in [3.8, 4) is 33.5 Å². The number of carbonyl (C=O) groups is 1. The summed E-state index contributed by atoms with van der Waals surface area (Å²) in [6, 6.07) is 12.1. The van der Waals surface area contributed by atoms with Gasteiger partial charge in [-0.1, -0.05) is 18.7 Å². The Hall–Kier alpha value is -4.76. The van der Waals surface area contributed by atoms with Crippen molar-refractivity contribution < 1.29 is 9.18 Å². The van der Waals surface area contributed by atoms with Gasteiger partial charge in [0.05, 0.1) is 17.6 Å². The maximum absolute atomic E-state index is 15.5. The summed E-state index contributed by atoms with van der Waals surface area (Å²) in [5, 5.41) is 7.99. The predicted octanol–water partition coefficient (Wildman–Crippen LogP) is 5.93. The molecule has 0 atom stereocenters. The monoisotopic (exact) mass is 563 g/mol. The molecule has 1 aliphatic heterocycles. The molecule has 4 heterocycles. The van der Waals surface area contributed by atoms with Gasteiger partial charge < -0.3 is 20.1 Å². The number of hydrogen-bond donors (Lipinski definition) is 2. The molecule has 0 radical (unpaired) electrons. The van der Waals surface area contributed by atoms with Gasteiger partial charge in [0.15, 0.2) is 0 Å². The number of aromatic nitrogens is 4. The van der Waals surface area contributed by atoms with Gasteiger partial charge in [-0.25, -0.2) is 9.37 Å². The van der Waals surface area contributed by atoms with E-state index in [2.05, 4.69) is 69.2 Å². The molecule has 1 saturated heterocycles. The van der Waals surface area contributed by atoms with Crippen LogP contribution in [-0.4, -0.2) is 63.8 Å². The standard InChI is InChI=1S/C33H34FN7O/c1-6-29(42)37-31-20(2)26(16-28(34)21(31)3)30-27-15-23(24-18-36-40(5)19-24)17-35-33(27)38-32(30)22-7-9-25(10-8-22)41-13-11-39(4)12-14-41/h6-10,15-19H,1,11-14H2,2-5H3,(H,35,38)(H,37,42). The number of H-pyrrole nitrogens is 1. The zero-order chi connectivity index (χ0) is 29.5. The number of hydrogen-bond acceptors (Lipinski definition) is 5. The lowest BCUT2D eigenvalue weighted by atomic mass is 9.92. The number of pyridine rings is 1. The van der Waals surface area contributed by atoms with Crippen LogP contribution >= 0.6 is 0 Å². The normalized spacial score (nSPS) is 14.0. The lowest BCUT2D eigenvalue weighted by Gasteiger charge is -2.34. The molecular formula is C33H34FN7O. The second-order valence-corrected chi connectivity index (χ2v) is 11.0. The Labute approximate surface area is 244 Å². The van der Waals surface area contributed by atoms with E-state index in [1.807, 2.05) is 26.4 Å². The Morgan fingerprint density at radius 2 is 1.74 bits per heavy atom. The number of nitrogens with one attached hydrogen (secondary N) is 2. The number of amides is 1. The molecule has 1 aliphatic rings. The van der Waals surface area contributed by atoms with Gasteiger partial charge in [0.25, 0.3) is 0 Å². The SMILES string of the molecule is C=CC(=O)Nc1c(C)c(F)cc(-c2c(-c3ccc(N4CCN(C)CC4)cc3)[nH]c3ncc(-c4cnn(C)c4)cc23)c1C. The van der Waals surface area contributed by atoms with Gasteiger partial charge in [-0.3, -0.25) is 9.48 Å². The third-order valence-corrected chi connectivity index (χ3v) is 8.20. The molecule has 0 spiro atoms. The van der Waals surface area contributed by atoms with E-state index in [1.54, 1.807) is 23.9 Å². The van der Waals surface area contributed by atoms with E-state index in [0.29, 0.717) is 22.5 Å². The summed E-state index contributed by atoms with van der Waals surface area (Å²) < 4.78 is 17.3. The van der Waals surface area contributed by atoms with Gasteiger partial charge in [-0.15, -0.1) is 0 Å². The third kappa shape index (κ3) is 4.96. The summed E-state index contributed by atoms with van der Waals surface area (Å²) in [6.07, 6.45) is 6.74. The highest BCUT2D eigenvalue weighted by Crippen LogP contribution is 2.43. The highest BCUT2D eigenvalue weighted by atomic mass is 19.1. The van der Waals surface area contributed by atoms with E-state index in [9.17, 15) is 4.79 Å². The van der Waals surface area contributed by atoms with E-state index >= 15 is 4.39 Å². The molecule has 42 heavy (non-hydrogen) atoms. The molecule has 0 unspecified atom stereocenters. The summed E-state index contributed by atoms with van der Waals surface area (Å²) >= 11 is 0. The molecule has 0 aliphatic carbocycles. The lowest BCUT2D eigenvalue weighted by molar-refractivity contribution is -0.111. The van der Waals surface area contributed by atoms with Crippen molar-refractivity contribution in [3.63, 3.8) is 0 Å². The Kier molecular flexibility index (Phi) is 7.12. The molecule has 6 rings (SSSR count). The Morgan fingerprint density at radius 3 is 2.40 bits per heavy atom. The van der Waals surface area contributed by atoms with Crippen molar-refractivity contribution in [1.29, 1.82) is 0 Å². The number of rotatable bonds is 6. The average molecular weight is 564 g/mol. The van der Waals surface area contributed by atoms with E-state index in [-0.39, 0.29) is 0 Å². The van der Waals surface area contributed by atoms with Gasteiger partial charge >= 0.3 is 0 Å². The molecule has 1 fully saturated rings. The van der Waals surface area contributed by atoms with Crippen LogP contribution in [0.4, 0.5) is 15.8 Å². The average Bonchev–Trinajstić information content (AvgIpc) is 3.61. The minimum Gasteiger partial charge on any atom is -0.369 e. The molecule has 2 aromatic carbocycles. The Bertz CT molecular complexity index is 1810. The predicted molar refractivity (Wildman–Crippen MR) is 167 cm³/mol. The van der Waals surface area contributed by atoms with Gasteiger partial charge in [-0.05, 0) is 67.9 Å². The molecule has 2 N–H and O–H groups in total. The fourth-order valence-electron chi connectivity index (χ4n) is 5.70. The summed E-state index contributed by atoms with van der Waals surface area (Å²) in [5.41, 5.74) is 8.55. The number of likely N-dealkylation sites (N-methyl/N-ethyl adjacent to an activating group) is 1. The van der Waals surface area contributed by atoms with Crippen LogP contribution in [0.3, 0.4) is 0 Å². The van der Waals surface area contributed by atoms with Gasteiger partial charge in [-0.2, -0.15) is 5.10 Å². The Balaban J connectivity index is 1.54. The van der Waals surface area contributed by atoms with Gasteiger partial charge in [0.1, 0.15) is 11.5 Å². The van der Waals surface area contributed by atoms with Crippen molar-refractivity contribution in [2.24, 2.45) is 7.05 Å². The zero-order valence-electron chi connectivity index (χ0n) is 24.3. The Morgan fingerprint density at radius 1 is 1.00 bits per heavy atom. The number of piperazine rings is 1. The molecule has 3 aromatic heterocycles.